The Morgan fingerprint density at radius 3 is 2.77 bits per heavy atom. The minimum atomic E-state index is 0.384. The summed E-state index contributed by atoms with van der Waals surface area (Å²) in [6.45, 7) is 2.05. The molecule has 0 aliphatic carbocycles. The van der Waals surface area contributed by atoms with E-state index in [1.165, 1.54) is 0 Å². The van der Waals surface area contributed by atoms with E-state index in [4.69, 9.17) is 16.9 Å². The molecule has 13 heavy (non-hydrogen) atoms. The van der Waals surface area contributed by atoms with Crippen molar-refractivity contribution in [2.24, 2.45) is 0 Å². The first kappa shape index (κ1) is 10.6. The van der Waals surface area contributed by atoms with Gasteiger partial charge in [-0.05, 0) is 29.7 Å². The van der Waals surface area contributed by atoms with Gasteiger partial charge in [0, 0.05) is 9.50 Å². The maximum absolute atomic E-state index is 8.61. The third-order valence-corrected chi connectivity index (χ3v) is 2.68. The van der Waals surface area contributed by atoms with Crippen LogP contribution in [0.1, 0.15) is 18.1 Å². The molecule has 0 saturated heterocycles. The average molecular weight is 259 g/mol. The Bertz CT molecular complexity index is 355. The summed E-state index contributed by atoms with van der Waals surface area (Å²) in [7, 11) is 0. The van der Waals surface area contributed by atoms with Crippen LogP contribution >= 0.6 is 27.5 Å². The lowest BCUT2D eigenvalue weighted by molar-refractivity contribution is 1.08. The summed E-state index contributed by atoms with van der Waals surface area (Å²) >= 11 is 9.38. The topological polar surface area (TPSA) is 23.8 Å². The fourth-order valence-electron chi connectivity index (χ4n) is 1.25. The number of hydrogen-bond donors (Lipinski definition) is 0. The highest BCUT2D eigenvalue weighted by molar-refractivity contribution is 9.10. The minimum Gasteiger partial charge on any atom is -0.198 e. The third kappa shape index (κ3) is 2.46. The normalized spacial score (nSPS) is 9.69. The summed E-state index contributed by atoms with van der Waals surface area (Å²) in [6, 6.07) is 5.96. The largest absolute Gasteiger partial charge is 0.198 e. The smallest absolute Gasteiger partial charge is 0.0670 e. The number of nitriles is 1. The van der Waals surface area contributed by atoms with Crippen LogP contribution in [0.2, 0.25) is 5.02 Å². The Kier molecular flexibility index (Phi) is 3.77. The van der Waals surface area contributed by atoms with Gasteiger partial charge in [0.15, 0.2) is 0 Å². The second-order valence-corrected chi connectivity index (χ2v) is 4.04. The highest BCUT2D eigenvalue weighted by Gasteiger charge is 2.06. The van der Waals surface area contributed by atoms with E-state index >= 15 is 0 Å². The Morgan fingerprint density at radius 2 is 2.23 bits per heavy atom. The van der Waals surface area contributed by atoms with Crippen LogP contribution in [0.5, 0.6) is 0 Å². The van der Waals surface area contributed by atoms with Gasteiger partial charge in [-0.1, -0.05) is 34.5 Å². The van der Waals surface area contributed by atoms with Crippen LogP contribution < -0.4 is 0 Å². The van der Waals surface area contributed by atoms with E-state index < -0.39 is 0 Å². The van der Waals surface area contributed by atoms with Crippen molar-refractivity contribution in [1.29, 1.82) is 5.26 Å². The van der Waals surface area contributed by atoms with Gasteiger partial charge in [0.05, 0.1) is 12.5 Å². The molecule has 0 saturated carbocycles. The lowest BCUT2D eigenvalue weighted by Gasteiger charge is -2.07. The highest BCUT2D eigenvalue weighted by atomic mass is 79.9. The van der Waals surface area contributed by atoms with Gasteiger partial charge in [-0.2, -0.15) is 5.26 Å². The molecule has 1 nitrogen and oxygen atoms in total. The van der Waals surface area contributed by atoms with Crippen LogP contribution in [-0.2, 0) is 12.8 Å². The Hall–Kier alpha value is -0.520. The molecule has 0 radical (unpaired) electrons. The van der Waals surface area contributed by atoms with Crippen molar-refractivity contribution in [3.05, 3.63) is 32.8 Å². The van der Waals surface area contributed by atoms with E-state index in [-0.39, 0.29) is 0 Å². The molecule has 1 aromatic rings. The van der Waals surface area contributed by atoms with E-state index in [1.807, 2.05) is 12.1 Å². The van der Waals surface area contributed by atoms with Gasteiger partial charge in [0.1, 0.15) is 0 Å². The molecule has 0 fully saturated rings. The summed E-state index contributed by atoms with van der Waals surface area (Å²) in [5.74, 6) is 0. The molecule has 0 amide bonds. The molecule has 3 heteroatoms. The van der Waals surface area contributed by atoms with Crippen LogP contribution in [0.25, 0.3) is 0 Å². The molecule has 1 rings (SSSR count). The summed E-state index contributed by atoms with van der Waals surface area (Å²) in [5, 5.41) is 9.29. The number of nitrogens with zero attached hydrogens (tertiary/aromatic N) is 1. The van der Waals surface area contributed by atoms with E-state index in [9.17, 15) is 0 Å². The van der Waals surface area contributed by atoms with Gasteiger partial charge >= 0.3 is 0 Å². The summed E-state index contributed by atoms with van der Waals surface area (Å²) < 4.78 is 0.969. The zero-order chi connectivity index (χ0) is 9.84. The standard InChI is InChI=1S/C10H9BrClN/c1-2-7-5-8(11)6-10(12)9(7)3-4-13/h5-6H,2-3H2,1H3. The minimum absolute atomic E-state index is 0.384. The fraction of sp³-hybridized carbons (Fsp3) is 0.300. The summed E-state index contributed by atoms with van der Waals surface area (Å²) in [4.78, 5) is 0. The maximum Gasteiger partial charge on any atom is 0.0670 e. The van der Waals surface area contributed by atoms with Crippen LogP contribution in [0.15, 0.2) is 16.6 Å². The number of aryl methyl sites for hydroxylation is 1. The molecule has 0 atom stereocenters. The molecule has 0 bridgehead atoms. The molecule has 0 unspecified atom stereocenters. The number of rotatable bonds is 2. The Labute approximate surface area is 91.5 Å². The van der Waals surface area contributed by atoms with Crippen molar-refractivity contribution in [1.82, 2.24) is 0 Å². The molecular weight excluding hydrogens is 249 g/mol. The molecule has 68 valence electrons. The Balaban J connectivity index is 3.23. The van der Waals surface area contributed by atoms with Gasteiger partial charge in [-0.3, -0.25) is 0 Å². The van der Waals surface area contributed by atoms with E-state index in [0.717, 1.165) is 22.0 Å². The van der Waals surface area contributed by atoms with Gasteiger partial charge in [0.2, 0.25) is 0 Å². The van der Waals surface area contributed by atoms with Crippen molar-refractivity contribution in [2.45, 2.75) is 19.8 Å². The second kappa shape index (κ2) is 4.64. The van der Waals surface area contributed by atoms with Crippen LogP contribution in [0.4, 0.5) is 0 Å². The van der Waals surface area contributed by atoms with Crippen molar-refractivity contribution in [3.63, 3.8) is 0 Å². The first-order chi connectivity index (χ1) is 6.19. The van der Waals surface area contributed by atoms with Gasteiger partial charge < -0.3 is 0 Å². The number of benzene rings is 1. The molecule has 0 aromatic heterocycles. The van der Waals surface area contributed by atoms with Gasteiger partial charge in [0.25, 0.3) is 0 Å². The molecule has 0 spiro atoms. The fourth-order valence-corrected chi connectivity index (χ4v) is 2.19. The lowest BCUT2D eigenvalue weighted by Crippen LogP contribution is -1.93. The molecule has 0 aliphatic rings. The van der Waals surface area contributed by atoms with Crippen molar-refractivity contribution in [3.8, 4) is 6.07 Å². The molecule has 0 heterocycles. The zero-order valence-electron chi connectivity index (χ0n) is 7.27. The van der Waals surface area contributed by atoms with E-state index in [0.29, 0.717) is 11.4 Å². The quantitative estimate of drug-likeness (QED) is 0.793. The Morgan fingerprint density at radius 1 is 1.54 bits per heavy atom. The SMILES string of the molecule is CCc1cc(Br)cc(Cl)c1CC#N. The van der Waals surface area contributed by atoms with Crippen LogP contribution in [-0.4, -0.2) is 0 Å². The van der Waals surface area contributed by atoms with E-state index in [2.05, 4.69) is 28.9 Å². The van der Waals surface area contributed by atoms with Crippen molar-refractivity contribution in [2.75, 3.05) is 0 Å². The molecule has 0 N–H and O–H groups in total. The number of hydrogen-bond acceptors (Lipinski definition) is 1. The molecule has 1 aromatic carbocycles. The zero-order valence-corrected chi connectivity index (χ0v) is 9.61. The lowest BCUT2D eigenvalue weighted by atomic mass is 10.0. The van der Waals surface area contributed by atoms with Gasteiger partial charge in [-0.25, -0.2) is 0 Å². The number of halogens is 2. The van der Waals surface area contributed by atoms with Crippen LogP contribution in [0.3, 0.4) is 0 Å². The first-order valence-electron chi connectivity index (χ1n) is 4.02. The molecular formula is C10H9BrClN. The summed E-state index contributed by atoms with van der Waals surface area (Å²) in [6.07, 6.45) is 1.28. The monoisotopic (exact) mass is 257 g/mol. The maximum atomic E-state index is 8.61. The third-order valence-electron chi connectivity index (χ3n) is 1.89. The highest BCUT2D eigenvalue weighted by Crippen LogP contribution is 2.26. The average Bonchev–Trinajstić information content (AvgIpc) is 2.09. The first-order valence-corrected chi connectivity index (χ1v) is 5.20. The van der Waals surface area contributed by atoms with Crippen LogP contribution in [0, 0.1) is 11.3 Å². The van der Waals surface area contributed by atoms with Gasteiger partial charge in [-0.15, -0.1) is 0 Å². The predicted molar refractivity (Wildman–Crippen MR) is 57.8 cm³/mol. The van der Waals surface area contributed by atoms with E-state index in [1.54, 1.807) is 0 Å². The summed E-state index contributed by atoms with van der Waals surface area (Å²) in [5.41, 5.74) is 2.09. The predicted octanol–water partition coefficient (Wildman–Crippen LogP) is 3.73. The second-order valence-electron chi connectivity index (χ2n) is 2.71. The molecule has 0 aliphatic heterocycles. The van der Waals surface area contributed by atoms with Crippen molar-refractivity contribution < 1.29 is 0 Å². The van der Waals surface area contributed by atoms with Crippen molar-refractivity contribution >= 4 is 27.5 Å².